The average Bonchev–Trinajstić information content (AvgIpc) is 3.08. The van der Waals surface area contributed by atoms with E-state index in [1.54, 1.807) is 6.07 Å². The predicted octanol–water partition coefficient (Wildman–Crippen LogP) is 1.06. The number of H-pyrrole nitrogens is 1. The Morgan fingerprint density at radius 1 is 1.50 bits per heavy atom. The SMILES string of the molecule is O=C(CN1CCC[C@](O)(c2cn[nH]n2)C1)NCc1cccc(Cl)c1. The Balaban J connectivity index is 1.53. The van der Waals surface area contributed by atoms with Crippen LogP contribution in [0.3, 0.4) is 0 Å². The van der Waals surface area contributed by atoms with E-state index in [-0.39, 0.29) is 12.5 Å². The van der Waals surface area contributed by atoms with Crippen molar-refractivity contribution in [2.24, 2.45) is 0 Å². The number of nitrogens with zero attached hydrogens (tertiary/aromatic N) is 3. The summed E-state index contributed by atoms with van der Waals surface area (Å²) in [5, 5.41) is 24.5. The van der Waals surface area contributed by atoms with Crippen LogP contribution in [-0.4, -0.2) is 51.0 Å². The highest BCUT2D eigenvalue weighted by atomic mass is 35.5. The van der Waals surface area contributed by atoms with Crippen molar-refractivity contribution in [3.05, 3.63) is 46.7 Å². The van der Waals surface area contributed by atoms with E-state index in [0.29, 0.717) is 30.2 Å². The fourth-order valence-electron chi connectivity index (χ4n) is 3.00. The van der Waals surface area contributed by atoms with E-state index >= 15 is 0 Å². The van der Waals surface area contributed by atoms with E-state index in [2.05, 4.69) is 20.7 Å². The number of nitrogens with one attached hydrogen (secondary N) is 2. The van der Waals surface area contributed by atoms with Crippen LogP contribution in [0.2, 0.25) is 5.02 Å². The lowest BCUT2D eigenvalue weighted by Crippen LogP contribution is -2.49. The molecule has 1 amide bonds. The van der Waals surface area contributed by atoms with Gasteiger partial charge in [-0.3, -0.25) is 9.69 Å². The monoisotopic (exact) mass is 349 g/mol. The summed E-state index contributed by atoms with van der Waals surface area (Å²) in [7, 11) is 0. The summed E-state index contributed by atoms with van der Waals surface area (Å²) in [5.41, 5.74) is 0.415. The first kappa shape index (κ1) is 16.9. The van der Waals surface area contributed by atoms with Crippen LogP contribution in [-0.2, 0) is 16.9 Å². The van der Waals surface area contributed by atoms with Gasteiger partial charge in [0.15, 0.2) is 0 Å². The van der Waals surface area contributed by atoms with Crippen LogP contribution in [0.1, 0.15) is 24.1 Å². The van der Waals surface area contributed by atoms with Crippen LogP contribution < -0.4 is 5.32 Å². The minimum Gasteiger partial charge on any atom is -0.382 e. The summed E-state index contributed by atoms with van der Waals surface area (Å²) < 4.78 is 0. The molecule has 0 bridgehead atoms. The van der Waals surface area contributed by atoms with E-state index in [0.717, 1.165) is 18.5 Å². The Kier molecular flexibility index (Phi) is 5.13. The standard InChI is InChI=1S/C16H20ClN5O2/c17-13-4-1-3-12(7-13)8-18-15(23)10-22-6-2-5-16(24,11-22)14-9-19-21-20-14/h1,3-4,7,9,24H,2,5-6,8,10-11H2,(H,18,23)(H,19,20,21)/t16-/m1/s1. The van der Waals surface area contributed by atoms with E-state index in [1.165, 1.54) is 6.20 Å². The zero-order valence-corrected chi connectivity index (χ0v) is 14.0. The highest BCUT2D eigenvalue weighted by molar-refractivity contribution is 6.30. The number of hydrogen-bond donors (Lipinski definition) is 3. The molecule has 128 valence electrons. The van der Waals surface area contributed by atoms with Gasteiger partial charge in [0.05, 0.1) is 12.7 Å². The molecule has 3 rings (SSSR count). The largest absolute Gasteiger partial charge is 0.382 e. The van der Waals surface area contributed by atoms with Gasteiger partial charge in [-0.2, -0.15) is 15.4 Å². The zero-order valence-electron chi connectivity index (χ0n) is 13.2. The first-order valence-corrected chi connectivity index (χ1v) is 8.25. The molecule has 1 fully saturated rings. The molecule has 8 heteroatoms. The Labute approximate surface area is 145 Å². The number of piperidine rings is 1. The van der Waals surface area contributed by atoms with E-state index in [4.69, 9.17) is 11.6 Å². The van der Waals surface area contributed by atoms with E-state index in [9.17, 15) is 9.90 Å². The number of aromatic amines is 1. The Bertz CT molecular complexity index is 694. The number of carbonyl (C=O) groups excluding carboxylic acids is 1. The molecule has 1 aliphatic rings. The van der Waals surface area contributed by atoms with Crippen molar-refractivity contribution < 1.29 is 9.90 Å². The van der Waals surface area contributed by atoms with Gasteiger partial charge >= 0.3 is 0 Å². The number of β-amino-alcohol motifs (C(OH)–C–C–N with tert-alkyl or cyclic N) is 1. The molecule has 0 saturated carbocycles. The lowest BCUT2D eigenvalue weighted by atomic mass is 9.90. The third-order valence-corrected chi connectivity index (χ3v) is 4.42. The maximum absolute atomic E-state index is 12.2. The summed E-state index contributed by atoms with van der Waals surface area (Å²) in [6, 6.07) is 7.39. The number of benzene rings is 1. The molecule has 2 heterocycles. The van der Waals surface area contributed by atoms with Gasteiger partial charge in [-0.05, 0) is 37.1 Å². The fourth-order valence-corrected chi connectivity index (χ4v) is 3.21. The van der Waals surface area contributed by atoms with Crippen molar-refractivity contribution in [2.45, 2.75) is 25.0 Å². The van der Waals surface area contributed by atoms with E-state index in [1.807, 2.05) is 23.1 Å². The van der Waals surface area contributed by atoms with Gasteiger partial charge in [0.1, 0.15) is 11.3 Å². The molecule has 1 atom stereocenters. The van der Waals surface area contributed by atoms with Crippen molar-refractivity contribution in [1.82, 2.24) is 25.6 Å². The Hall–Kier alpha value is -1.96. The van der Waals surface area contributed by atoms with Gasteiger partial charge < -0.3 is 10.4 Å². The first-order valence-electron chi connectivity index (χ1n) is 7.87. The molecular formula is C16H20ClN5O2. The molecule has 1 aromatic heterocycles. The molecular weight excluding hydrogens is 330 g/mol. The van der Waals surface area contributed by atoms with Gasteiger partial charge in [0.2, 0.25) is 5.91 Å². The van der Waals surface area contributed by atoms with Crippen LogP contribution in [0.5, 0.6) is 0 Å². The van der Waals surface area contributed by atoms with Crippen LogP contribution in [0.15, 0.2) is 30.5 Å². The first-order chi connectivity index (χ1) is 11.5. The molecule has 1 aromatic carbocycles. The fraction of sp³-hybridized carbons (Fsp3) is 0.438. The predicted molar refractivity (Wildman–Crippen MR) is 89.3 cm³/mol. The lowest BCUT2D eigenvalue weighted by Gasteiger charge is -2.37. The van der Waals surface area contributed by atoms with Crippen molar-refractivity contribution in [3.8, 4) is 0 Å². The van der Waals surface area contributed by atoms with Crippen molar-refractivity contribution in [2.75, 3.05) is 19.6 Å². The number of halogens is 1. The minimum atomic E-state index is -1.06. The number of carbonyl (C=O) groups is 1. The molecule has 0 aliphatic carbocycles. The molecule has 24 heavy (non-hydrogen) atoms. The maximum Gasteiger partial charge on any atom is 0.234 e. The Morgan fingerprint density at radius 3 is 3.12 bits per heavy atom. The highest BCUT2D eigenvalue weighted by Gasteiger charge is 2.37. The smallest absolute Gasteiger partial charge is 0.234 e. The number of amides is 1. The molecule has 0 spiro atoms. The summed E-state index contributed by atoms with van der Waals surface area (Å²) in [6.07, 6.45) is 2.94. The number of hydrogen-bond acceptors (Lipinski definition) is 5. The normalized spacial score (nSPS) is 21.6. The van der Waals surface area contributed by atoms with Crippen LogP contribution in [0, 0.1) is 0 Å². The number of aromatic nitrogens is 3. The molecule has 0 radical (unpaired) electrons. The minimum absolute atomic E-state index is 0.0839. The van der Waals surface area contributed by atoms with Crippen LogP contribution >= 0.6 is 11.6 Å². The summed E-state index contributed by atoms with van der Waals surface area (Å²) >= 11 is 5.93. The highest BCUT2D eigenvalue weighted by Crippen LogP contribution is 2.29. The second-order valence-electron chi connectivity index (χ2n) is 6.11. The van der Waals surface area contributed by atoms with Gasteiger partial charge in [-0.1, -0.05) is 23.7 Å². The third kappa shape index (κ3) is 4.11. The van der Waals surface area contributed by atoms with Crippen molar-refractivity contribution in [1.29, 1.82) is 0 Å². The molecule has 7 nitrogen and oxygen atoms in total. The molecule has 2 aromatic rings. The van der Waals surface area contributed by atoms with Crippen molar-refractivity contribution in [3.63, 3.8) is 0 Å². The van der Waals surface area contributed by atoms with Crippen LogP contribution in [0.4, 0.5) is 0 Å². The summed E-state index contributed by atoms with van der Waals surface area (Å²) in [4.78, 5) is 14.1. The second kappa shape index (κ2) is 7.29. The summed E-state index contributed by atoms with van der Waals surface area (Å²) in [6.45, 7) is 1.80. The average molecular weight is 350 g/mol. The van der Waals surface area contributed by atoms with Gasteiger partial charge in [0, 0.05) is 18.1 Å². The topological polar surface area (TPSA) is 94.1 Å². The maximum atomic E-state index is 12.2. The number of rotatable bonds is 5. The quantitative estimate of drug-likeness (QED) is 0.750. The molecule has 1 saturated heterocycles. The van der Waals surface area contributed by atoms with Gasteiger partial charge in [-0.15, -0.1) is 0 Å². The lowest BCUT2D eigenvalue weighted by molar-refractivity contribution is -0.124. The zero-order chi connectivity index (χ0) is 17.0. The molecule has 0 unspecified atom stereocenters. The molecule has 3 N–H and O–H groups in total. The van der Waals surface area contributed by atoms with Gasteiger partial charge in [0.25, 0.3) is 0 Å². The summed E-state index contributed by atoms with van der Waals surface area (Å²) in [5.74, 6) is -0.0839. The Morgan fingerprint density at radius 2 is 2.38 bits per heavy atom. The number of aliphatic hydroxyl groups is 1. The van der Waals surface area contributed by atoms with E-state index < -0.39 is 5.60 Å². The van der Waals surface area contributed by atoms with Crippen molar-refractivity contribution >= 4 is 17.5 Å². The number of likely N-dealkylation sites (tertiary alicyclic amines) is 1. The van der Waals surface area contributed by atoms with Crippen LogP contribution in [0.25, 0.3) is 0 Å². The molecule has 1 aliphatic heterocycles. The van der Waals surface area contributed by atoms with Gasteiger partial charge in [-0.25, -0.2) is 0 Å². The third-order valence-electron chi connectivity index (χ3n) is 4.19. The second-order valence-corrected chi connectivity index (χ2v) is 6.54.